The molecule has 0 aliphatic carbocycles. The number of aromatic amines is 1. The van der Waals surface area contributed by atoms with Gasteiger partial charge in [-0.25, -0.2) is 0 Å². The first-order chi connectivity index (χ1) is 14.2. The minimum atomic E-state index is -0.110. The van der Waals surface area contributed by atoms with Crippen LogP contribution in [0, 0.1) is 0 Å². The number of H-pyrrole nitrogens is 1. The summed E-state index contributed by atoms with van der Waals surface area (Å²) in [7, 11) is 0. The number of hydrogen-bond donors (Lipinski definition) is 3. The second-order valence-corrected chi connectivity index (χ2v) is 8.56. The zero-order valence-electron chi connectivity index (χ0n) is 16.2. The van der Waals surface area contributed by atoms with E-state index in [1.807, 2.05) is 36.5 Å². The number of carbonyl (C=O) groups is 2. The molecule has 3 aromatic rings. The van der Waals surface area contributed by atoms with E-state index in [0.29, 0.717) is 18.7 Å². The smallest absolute Gasteiger partial charge is 0.237 e. The molecule has 1 aromatic heterocycles. The maximum atomic E-state index is 12.4. The number of fused-ring (bicyclic) bond motifs is 2. The number of para-hydroxylation sites is 2. The van der Waals surface area contributed by atoms with Crippen LogP contribution in [0.25, 0.3) is 10.9 Å². The van der Waals surface area contributed by atoms with Crippen LogP contribution in [0.2, 0.25) is 0 Å². The molecular weight excluding hydrogens is 382 g/mol. The first-order valence-corrected chi connectivity index (χ1v) is 11.1. The van der Waals surface area contributed by atoms with Crippen LogP contribution >= 0.6 is 11.8 Å². The molecule has 2 aromatic carbocycles. The molecule has 5 nitrogen and oxygen atoms in total. The normalized spacial score (nSPS) is 16.1. The number of hydrogen-bond acceptors (Lipinski definition) is 3. The van der Waals surface area contributed by atoms with Crippen molar-refractivity contribution < 1.29 is 9.59 Å². The predicted molar refractivity (Wildman–Crippen MR) is 119 cm³/mol. The Morgan fingerprint density at radius 2 is 1.97 bits per heavy atom. The maximum absolute atomic E-state index is 12.4. The van der Waals surface area contributed by atoms with Gasteiger partial charge in [-0.3, -0.25) is 9.59 Å². The number of aromatic nitrogens is 1. The van der Waals surface area contributed by atoms with E-state index in [2.05, 4.69) is 33.8 Å². The molecule has 0 saturated carbocycles. The molecule has 1 atom stereocenters. The molecule has 3 N–H and O–H groups in total. The molecule has 150 valence electrons. The number of anilines is 1. The van der Waals surface area contributed by atoms with Gasteiger partial charge in [0.25, 0.3) is 0 Å². The molecular formula is C23H25N3O2S. The Hall–Kier alpha value is -2.73. The van der Waals surface area contributed by atoms with Crippen LogP contribution in [-0.4, -0.2) is 34.3 Å². The van der Waals surface area contributed by atoms with E-state index >= 15 is 0 Å². The SMILES string of the molecule is O=C(CCS[C@@H]1CCc2ccccc2NC1=O)NCCc1c[nH]c2ccccc12. The zero-order valence-corrected chi connectivity index (χ0v) is 17.1. The van der Waals surface area contributed by atoms with Crippen molar-refractivity contribution >= 4 is 40.2 Å². The molecule has 0 spiro atoms. The van der Waals surface area contributed by atoms with E-state index in [-0.39, 0.29) is 17.1 Å². The Morgan fingerprint density at radius 3 is 2.90 bits per heavy atom. The number of amides is 2. The molecule has 4 rings (SSSR count). The van der Waals surface area contributed by atoms with Crippen molar-refractivity contribution in [1.82, 2.24) is 10.3 Å². The van der Waals surface area contributed by atoms with Crippen molar-refractivity contribution in [1.29, 1.82) is 0 Å². The summed E-state index contributed by atoms with van der Waals surface area (Å²) in [5.74, 6) is 0.724. The highest BCUT2D eigenvalue weighted by Gasteiger charge is 2.23. The molecule has 1 aliphatic heterocycles. The Kier molecular flexibility index (Phi) is 6.20. The van der Waals surface area contributed by atoms with E-state index in [9.17, 15) is 9.59 Å². The summed E-state index contributed by atoms with van der Waals surface area (Å²) in [4.78, 5) is 27.9. The van der Waals surface area contributed by atoms with Crippen molar-refractivity contribution in [2.45, 2.75) is 30.9 Å². The lowest BCUT2D eigenvalue weighted by Gasteiger charge is -2.12. The molecule has 0 saturated heterocycles. The van der Waals surface area contributed by atoms with Crippen LogP contribution in [0.15, 0.2) is 54.7 Å². The number of carbonyl (C=O) groups excluding carboxylic acids is 2. The predicted octanol–water partition coefficient (Wildman–Crippen LogP) is 3.90. The number of benzene rings is 2. The van der Waals surface area contributed by atoms with Gasteiger partial charge in [-0.2, -0.15) is 0 Å². The molecule has 29 heavy (non-hydrogen) atoms. The van der Waals surface area contributed by atoms with E-state index < -0.39 is 0 Å². The number of rotatable bonds is 7. The first kappa shape index (κ1) is 19.6. The topological polar surface area (TPSA) is 74.0 Å². The largest absolute Gasteiger partial charge is 0.361 e. The second-order valence-electron chi connectivity index (χ2n) is 7.25. The lowest BCUT2D eigenvalue weighted by molar-refractivity contribution is -0.120. The number of aryl methyl sites for hydroxylation is 1. The molecule has 1 aliphatic rings. The summed E-state index contributed by atoms with van der Waals surface area (Å²) in [5.41, 5.74) is 4.42. The minimum Gasteiger partial charge on any atom is -0.361 e. The average molecular weight is 408 g/mol. The third kappa shape index (κ3) is 4.82. The lowest BCUT2D eigenvalue weighted by atomic mass is 10.1. The number of nitrogens with one attached hydrogen (secondary N) is 3. The molecule has 2 amide bonds. The molecule has 0 fully saturated rings. The quantitative estimate of drug-likeness (QED) is 0.556. The van der Waals surface area contributed by atoms with Crippen molar-refractivity contribution in [2.24, 2.45) is 0 Å². The van der Waals surface area contributed by atoms with Crippen LogP contribution in [0.1, 0.15) is 24.0 Å². The molecule has 0 radical (unpaired) electrons. The van der Waals surface area contributed by atoms with E-state index in [4.69, 9.17) is 0 Å². The van der Waals surface area contributed by atoms with Crippen LogP contribution in [0.3, 0.4) is 0 Å². The van der Waals surface area contributed by atoms with E-state index in [0.717, 1.165) is 30.5 Å². The summed E-state index contributed by atoms with van der Waals surface area (Å²) in [6, 6.07) is 16.1. The Morgan fingerprint density at radius 1 is 1.14 bits per heavy atom. The third-order valence-corrected chi connectivity index (χ3v) is 6.58. The highest BCUT2D eigenvalue weighted by molar-refractivity contribution is 8.00. The minimum absolute atomic E-state index is 0.0367. The lowest BCUT2D eigenvalue weighted by Crippen LogP contribution is -2.27. The van der Waals surface area contributed by atoms with Gasteiger partial charge in [0, 0.05) is 41.5 Å². The van der Waals surface area contributed by atoms with E-state index in [1.54, 1.807) is 11.8 Å². The van der Waals surface area contributed by atoms with Gasteiger partial charge in [0.15, 0.2) is 0 Å². The summed E-state index contributed by atoms with van der Waals surface area (Å²) in [6.45, 7) is 0.616. The molecule has 0 bridgehead atoms. The Labute approximate surface area is 174 Å². The van der Waals surface area contributed by atoms with E-state index in [1.165, 1.54) is 16.5 Å². The Balaban J connectivity index is 1.19. The fourth-order valence-corrected chi connectivity index (χ4v) is 4.79. The van der Waals surface area contributed by atoms with Crippen LogP contribution in [0.4, 0.5) is 5.69 Å². The van der Waals surface area contributed by atoms with Crippen molar-refractivity contribution in [3.63, 3.8) is 0 Å². The Bertz CT molecular complexity index is 1010. The van der Waals surface area contributed by atoms with Crippen molar-refractivity contribution in [2.75, 3.05) is 17.6 Å². The summed E-state index contributed by atoms with van der Waals surface area (Å²) >= 11 is 1.57. The highest BCUT2D eigenvalue weighted by atomic mass is 32.2. The third-order valence-electron chi connectivity index (χ3n) is 5.28. The van der Waals surface area contributed by atoms with Gasteiger partial charge >= 0.3 is 0 Å². The standard InChI is InChI=1S/C23H25N3O2S/c27-22(24-13-11-17-15-25-20-8-4-2-6-18(17)20)12-14-29-21-10-9-16-5-1-3-7-19(16)26-23(21)28/h1-8,15,21,25H,9-14H2,(H,24,27)(H,26,28)/t21-/m1/s1. The van der Waals surface area contributed by atoms with Crippen molar-refractivity contribution in [3.05, 3.63) is 65.9 Å². The number of thioether (sulfide) groups is 1. The van der Waals surface area contributed by atoms with Crippen LogP contribution in [0.5, 0.6) is 0 Å². The van der Waals surface area contributed by atoms with Gasteiger partial charge in [-0.05, 0) is 42.5 Å². The van der Waals surface area contributed by atoms with Gasteiger partial charge in [0.2, 0.25) is 11.8 Å². The monoisotopic (exact) mass is 407 g/mol. The molecule has 2 heterocycles. The van der Waals surface area contributed by atoms with Gasteiger partial charge < -0.3 is 15.6 Å². The van der Waals surface area contributed by atoms with Crippen LogP contribution in [-0.2, 0) is 22.4 Å². The maximum Gasteiger partial charge on any atom is 0.237 e. The average Bonchev–Trinajstić information content (AvgIpc) is 3.07. The second kappa shape index (κ2) is 9.18. The fraction of sp³-hybridized carbons (Fsp3) is 0.304. The van der Waals surface area contributed by atoms with Gasteiger partial charge in [0.1, 0.15) is 0 Å². The molecule has 0 unspecified atom stereocenters. The zero-order chi connectivity index (χ0) is 20.1. The summed E-state index contributed by atoms with van der Waals surface area (Å²) < 4.78 is 0. The first-order valence-electron chi connectivity index (χ1n) is 10.0. The van der Waals surface area contributed by atoms with Gasteiger partial charge in [0.05, 0.1) is 5.25 Å². The van der Waals surface area contributed by atoms with Crippen LogP contribution < -0.4 is 10.6 Å². The van der Waals surface area contributed by atoms with Gasteiger partial charge in [-0.1, -0.05) is 36.4 Å². The van der Waals surface area contributed by atoms with Crippen molar-refractivity contribution in [3.8, 4) is 0 Å². The molecule has 6 heteroatoms. The summed E-state index contributed by atoms with van der Waals surface area (Å²) in [6.07, 6.45) is 4.91. The highest BCUT2D eigenvalue weighted by Crippen LogP contribution is 2.27. The summed E-state index contributed by atoms with van der Waals surface area (Å²) in [5, 5.41) is 7.10. The van der Waals surface area contributed by atoms with Gasteiger partial charge in [-0.15, -0.1) is 11.8 Å². The fourth-order valence-electron chi connectivity index (χ4n) is 3.71.